The van der Waals surface area contributed by atoms with Crippen LogP contribution in [0, 0.1) is 20.8 Å². The van der Waals surface area contributed by atoms with Crippen molar-refractivity contribution in [1.82, 2.24) is 5.16 Å². The third-order valence-electron chi connectivity index (χ3n) is 2.39. The zero-order chi connectivity index (χ0) is 11.9. The first-order valence-corrected chi connectivity index (χ1v) is 4.77. The van der Waals surface area contributed by atoms with Gasteiger partial charge in [0.1, 0.15) is 11.5 Å². The van der Waals surface area contributed by atoms with Gasteiger partial charge < -0.3 is 14.0 Å². The first kappa shape index (κ1) is 10.5. The minimum absolute atomic E-state index is 0.0764. The third-order valence-corrected chi connectivity index (χ3v) is 2.39. The minimum atomic E-state index is -1.08. The van der Waals surface area contributed by atoms with Gasteiger partial charge in [0.25, 0.3) is 0 Å². The van der Waals surface area contributed by atoms with Crippen LogP contribution in [0.15, 0.2) is 15.0 Å². The highest BCUT2D eigenvalue weighted by molar-refractivity contribution is 5.86. The van der Waals surface area contributed by atoms with Crippen molar-refractivity contribution >= 4 is 5.97 Å². The van der Waals surface area contributed by atoms with Crippen LogP contribution >= 0.6 is 0 Å². The maximum Gasteiger partial charge on any atom is 0.371 e. The lowest BCUT2D eigenvalue weighted by molar-refractivity contribution is 0.0663. The van der Waals surface area contributed by atoms with Crippen LogP contribution in [0.5, 0.6) is 0 Å². The Morgan fingerprint density at radius 3 is 2.50 bits per heavy atom. The summed E-state index contributed by atoms with van der Waals surface area (Å²) in [6, 6.07) is 1.49. The molecule has 2 aromatic heterocycles. The molecule has 0 aliphatic heterocycles. The van der Waals surface area contributed by atoms with E-state index in [-0.39, 0.29) is 5.76 Å². The van der Waals surface area contributed by atoms with Gasteiger partial charge in [-0.2, -0.15) is 0 Å². The molecule has 0 atom stereocenters. The summed E-state index contributed by atoms with van der Waals surface area (Å²) in [4.78, 5) is 10.8. The summed E-state index contributed by atoms with van der Waals surface area (Å²) in [5.74, 6) is -0.0332. The van der Waals surface area contributed by atoms with Crippen molar-refractivity contribution in [2.45, 2.75) is 20.8 Å². The van der Waals surface area contributed by atoms with Gasteiger partial charge in [-0.3, -0.25) is 0 Å². The van der Waals surface area contributed by atoms with E-state index >= 15 is 0 Å². The van der Waals surface area contributed by atoms with Crippen molar-refractivity contribution in [3.05, 3.63) is 28.8 Å². The van der Waals surface area contributed by atoms with Crippen molar-refractivity contribution in [1.29, 1.82) is 0 Å². The number of carboxylic acids is 1. The van der Waals surface area contributed by atoms with Crippen LogP contribution in [0.4, 0.5) is 0 Å². The molecule has 5 nitrogen and oxygen atoms in total. The molecule has 0 radical (unpaired) electrons. The molecule has 0 spiro atoms. The van der Waals surface area contributed by atoms with Crippen LogP contribution in [0.25, 0.3) is 11.3 Å². The number of nitrogens with zero attached hydrogens (tertiary/aromatic N) is 1. The molecule has 84 valence electrons. The van der Waals surface area contributed by atoms with Crippen LogP contribution in [0.1, 0.15) is 27.6 Å². The number of carbonyl (C=O) groups is 1. The van der Waals surface area contributed by atoms with Crippen LogP contribution in [0.3, 0.4) is 0 Å². The minimum Gasteiger partial charge on any atom is -0.475 e. The average Bonchev–Trinajstić information content (AvgIpc) is 2.71. The Bertz CT molecular complexity index is 531. The zero-order valence-corrected chi connectivity index (χ0v) is 9.20. The number of rotatable bonds is 2. The highest BCUT2D eigenvalue weighted by Gasteiger charge is 2.20. The number of carboxylic acid groups (broad SMARTS) is 1. The van der Waals surface area contributed by atoms with E-state index in [1.54, 1.807) is 20.8 Å². The Labute approximate surface area is 91.7 Å². The van der Waals surface area contributed by atoms with E-state index in [1.807, 2.05) is 0 Å². The fourth-order valence-electron chi connectivity index (χ4n) is 1.64. The Morgan fingerprint density at radius 2 is 2.06 bits per heavy atom. The normalized spacial score (nSPS) is 10.7. The monoisotopic (exact) mass is 221 g/mol. The van der Waals surface area contributed by atoms with Crippen molar-refractivity contribution in [3.63, 3.8) is 0 Å². The molecule has 0 aliphatic carbocycles. The largest absolute Gasteiger partial charge is 0.475 e. The van der Waals surface area contributed by atoms with Gasteiger partial charge in [-0.15, -0.1) is 0 Å². The summed E-state index contributed by atoms with van der Waals surface area (Å²) in [5, 5.41) is 12.6. The highest BCUT2D eigenvalue weighted by Crippen LogP contribution is 2.31. The second-order valence-electron chi connectivity index (χ2n) is 3.63. The Hall–Kier alpha value is -2.04. The van der Waals surface area contributed by atoms with E-state index in [9.17, 15) is 4.79 Å². The molecule has 0 unspecified atom stereocenters. The molecule has 0 amide bonds. The van der Waals surface area contributed by atoms with Gasteiger partial charge in [-0.1, -0.05) is 5.16 Å². The smallest absolute Gasteiger partial charge is 0.371 e. The summed E-state index contributed by atoms with van der Waals surface area (Å²) in [5.41, 5.74) is 2.17. The molecular formula is C11H11NO4. The van der Waals surface area contributed by atoms with E-state index in [2.05, 4.69) is 5.16 Å². The van der Waals surface area contributed by atoms with Gasteiger partial charge in [0, 0.05) is 0 Å². The highest BCUT2D eigenvalue weighted by atomic mass is 16.5. The van der Waals surface area contributed by atoms with Crippen LogP contribution in [0.2, 0.25) is 0 Å². The number of hydrogen-bond acceptors (Lipinski definition) is 4. The van der Waals surface area contributed by atoms with E-state index in [0.29, 0.717) is 17.2 Å². The standard InChI is InChI=1S/C11H11NO4/c1-5-4-8(11(13)14)15-10(5)9-6(2)12-16-7(9)3/h4H,1-3H3,(H,13,14). The first-order chi connectivity index (χ1) is 7.50. The zero-order valence-electron chi connectivity index (χ0n) is 9.20. The molecule has 0 saturated heterocycles. The molecule has 2 aromatic rings. The Balaban J connectivity index is 2.61. The molecule has 16 heavy (non-hydrogen) atoms. The number of aromatic carboxylic acids is 1. The predicted octanol–water partition coefficient (Wildman–Crippen LogP) is 2.56. The summed E-state index contributed by atoms with van der Waals surface area (Å²) < 4.78 is 10.3. The molecule has 0 fully saturated rings. The fourth-order valence-corrected chi connectivity index (χ4v) is 1.64. The Kier molecular flexibility index (Phi) is 2.30. The topological polar surface area (TPSA) is 76.5 Å². The molecule has 0 bridgehead atoms. The van der Waals surface area contributed by atoms with Gasteiger partial charge in [0.15, 0.2) is 0 Å². The second kappa shape index (κ2) is 3.52. The lowest BCUT2D eigenvalue weighted by atomic mass is 10.1. The predicted molar refractivity (Wildman–Crippen MR) is 55.4 cm³/mol. The van der Waals surface area contributed by atoms with E-state index in [0.717, 1.165) is 11.1 Å². The lowest BCUT2D eigenvalue weighted by Crippen LogP contribution is -1.91. The first-order valence-electron chi connectivity index (χ1n) is 4.77. The molecule has 2 heterocycles. The number of aryl methyl sites for hydroxylation is 3. The molecule has 5 heteroatoms. The number of furan rings is 1. The van der Waals surface area contributed by atoms with Gasteiger partial charge >= 0.3 is 5.97 Å². The lowest BCUT2D eigenvalue weighted by Gasteiger charge is -1.96. The van der Waals surface area contributed by atoms with E-state index in [4.69, 9.17) is 14.0 Å². The van der Waals surface area contributed by atoms with Crippen molar-refractivity contribution in [2.75, 3.05) is 0 Å². The molecular weight excluding hydrogens is 210 g/mol. The Morgan fingerprint density at radius 1 is 1.38 bits per heavy atom. The molecule has 0 saturated carbocycles. The number of hydrogen-bond donors (Lipinski definition) is 1. The van der Waals surface area contributed by atoms with Gasteiger partial charge in [0.05, 0.1) is 11.3 Å². The van der Waals surface area contributed by atoms with Gasteiger partial charge in [-0.25, -0.2) is 4.79 Å². The van der Waals surface area contributed by atoms with Crippen molar-refractivity contribution < 1.29 is 18.8 Å². The second-order valence-corrected chi connectivity index (χ2v) is 3.63. The molecule has 0 aliphatic rings. The van der Waals surface area contributed by atoms with Crippen LogP contribution < -0.4 is 0 Å². The maximum atomic E-state index is 10.8. The average molecular weight is 221 g/mol. The van der Waals surface area contributed by atoms with Crippen molar-refractivity contribution in [2.24, 2.45) is 0 Å². The van der Waals surface area contributed by atoms with E-state index in [1.165, 1.54) is 6.07 Å². The molecule has 2 rings (SSSR count). The number of aromatic nitrogens is 1. The van der Waals surface area contributed by atoms with Crippen LogP contribution in [-0.4, -0.2) is 16.2 Å². The SMILES string of the molecule is Cc1cc(C(=O)O)oc1-c1c(C)noc1C. The van der Waals surface area contributed by atoms with Crippen LogP contribution in [-0.2, 0) is 0 Å². The summed E-state index contributed by atoms with van der Waals surface area (Å²) in [6.45, 7) is 5.34. The van der Waals surface area contributed by atoms with Crippen molar-refractivity contribution in [3.8, 4) is 11.3 Å². The molecule has 1 N–H and O–H groups in total. The third kappa shape index (κ3) is 1.50. The fraction of sp³-hybridized carbons (Fsp3) is 0.273. The summed E-state index contributed by atoms with van der Waals surface area (Å²) >= 11 is 0. The van der Waals surface area contributed by atoms with Gasteiger partial charge in [-0.05, 0) is 32.4 Å². The van der Waals surface area contributed by atoms with Gasteiger partial charge in [0.2, 0.25) is 5.76 Å². The molecule has 0 aromatic carbocycles. The quantitative estimate of drug-likeness (QED) is 0.843. The summed E-state index contributed by atoms with van der Waals surface area (Å²) in [6.07, 6.45) is 0. The maximum absolute atomic E-state index is 10.8. The van der Waals surface area contributed by atoms with E-state index < -0.39 is 5.97 Å². The summed E-state index contributed by atoms with van der Waals surface area (Å²) in [7, 11) is 0.